The average Bonchev–Trinajstić information content (AvgIpc) is 3.18. The predicted molar refractivity (Wildman–Crippen MR) is 110 cm³/mol. The van der Waals surface area contributed by atoms with Crippen molar-refractivity contribution in [2.45, 2.75) is 31.8 Å². The van der Waals surface area contributed by atoms with Crippen LogP contribution in [0.4, 0.5) is 0 Å². The maximum Gasteiger partial charge on any atom is 0.257 e. The smallest absolute Gasteiger partial charge is 0.257 e. The molecular formula is C21H30N6O2. The van der Waals surface area contributed by atoms with Crippen LogP contribution in [0, 0.1) is 0 Å². The summed E-state index contributed by atoms with van der Waals surface area (Å²) in [6.07, 6.45) is 1.84. The van der Waals surface area contributed by atoms with Crippen molar-refractivity contribution in [1.82, 2.24) is 29.9 Å². The van der Waals surface area contributed by atoms with Crippen molar-refractivity contribution in [3.05, 3.63) is 41.5 Å². The van der Waals surface area contributed by atoms with Crippen molar-refractivity contribution in [3.63, 3.8) is 0 Å². The van der Waals surface area contributed by atoms with E-state index >= 15 is 0 Å². The van der Waals surface area contributed by atoms with Crippen molar-refractivity contribution in [2.24, 2.45) is 0 Å². The van der Waals surface area contributed by atoms with Crippen molar-refractivity contribution >= 4 is 5.91 Å². The summed E-state index contributed by atoms with van der Waals surface area (Å²) in [4.78, 5) is 17.1. The van der Waals surface area contributed by atoms with E-state index in [1.165, 1.54) is 0 Å². The summed E-state index contributed by atoms with van der Waals surface area (Å²) < 4.78 is 8.14. The van der Waals surface area contributed by atoms with Crippen LogP contribution in [0.25, 0.3) is 0 Å². The van der Waals surface area contributed by atoms with E-state index in [4.69, 9.17) is 4.74 Å². The number of benzene rings is 1. The summed E-state index contributed by atoms with van der Waals surface area (Å²) in [6.45, 7) is 5.51. The lowest BCUT2D eigenvalue weighted by molar-refractivity contribution is 0.0705. The third-order valence-corrected chi connectivity index (χ3v) is 5.71. The molecule has 2 aliphatic heterocycles. The number of carbonyl (C=O) groups is 1. The molecule has 0 bridgehead atoms. The maximum absolute atomic E-state index is 13.1. The highest BCUT2D eigenvalue weighted by Crippen LogP contribution is 2.29. The number of likely N-dealkylation sites (N-methyl/N-ethyl adjacent to an activating group) is 1. The second-order valence-corrected chi connectivity index (χ2v) is 8.02. The quantitative estimate of drug-likeness (QED) is 0.792. The van der Waals surface area contributed by atoms with E-state index < -0.39 is 0 Å². The number of fused-ring (bicyclic) bond motifs is 1. The van der Waals surface area contributed by atoms with Crippen LogP contribution in [-0.4, -0.2) is 77.4 Å². The zero-order valence-electron chi connectivity index (χ0n) is 17.3. The van der Waals surface area contributed by atoms with Crippen molar-refractivity contribution in [2.75, 3.05) is 46.9 Å². The molecule has 1 saturated heterocycles. The monoisotopic (exact) mass is 398 g/mol. The molecule has 1 fully saturated rings. The molecule has 8 nitrogen and oxygen atoms in total. The molecule has 0 aliphatic carbocycles. The first-order valence-corrected chi connectivity index (χ1v) is 10.4. The van der Waals surface area contributed by atoms with Gasteiger partial charge >= 0.3 is 0 Å². The molecule has 4 rings (SSSR count). The lowest BCUT2D eigenvalue weighted by Crippen LogP contribution is -2.39. The molecule has 1 amide bonds. The third kappa shape index (κ3) is 4.43. The molecule has 0 atom stereocenters. The first-order chi connectivity index (χ1) is 14.1. The predicted octanol–water partition coefficient (Wildman–Crippen LogP) is 1.34. The highest BCUT2D eigenvalue weighted by molar-refractivity contribution is 5.97. The number of amides is 1. The molecule has 29 heavy (non-hydrogen) atoms. The van der Waals surface area contributed by atoms with Gasteiger partial charge in [-0.1, -0.05) is 12.1 Å². The highest BCUT2D eigenvalue weighted by Gasteiger charge is 2.30. The minimum Gasteiger partial charge on any atom is -0.491 e. The number of hydrogen-bond donors (Lipinski definition) is 1. The van der Waals surface area contributed by atoms with Crippen LogP contribution >= 0.6 is 0 Å². The molecule has 8 heteroatoms. The van der Waals surface area contributed by atoms with Gasteiger partial charge in [-0.25, -0.2) is 0 Å². The summed E-state index contributed by atoms with van der Waals surface area (Å²) >= 11 is 0. The number of ether oxygens (including phenoxy) is 1. The molecular weight excluding hydrogens is 368 g/mol. The topological polar surface area (TPSA) is 75.5 Å². The maximum atomic E-state index is 13.1. The van der Waals surface area contributed by atoms with Crippen molar-refractivity contribution < 1.29 is 9.53 Å². The van der Waals surface area contributed by atoms with Crippen LogP contribution in [-0.2, 0) is 13.1 Å². The molecule has 0 saturated carbocycles. The van der Waals surface area contributed by atoms with Gasteiger partial charge in [-0.3, -0.25) is 4.79 Å². The summed E-state index contributed by atoms with van der Waals surface area (Å²) in [6, 6.07) is 7.56. The molecule has 156 valence electrons. The third-order valence-electron chi connectivity index (χ3n) is 5.71. The Hall–Kier alpha value is -2.45. The molecule has 2 aromatic rings. The van der Waals surface area contributed by atoms with Gasteiger partial charge in [-0.05, 0) is 39.1 Å². The number of likely N-dealkylation sites (tertiary alicyclic amines) is 1. The normalized spacial score (nSPS) is 17.4. The minimum atomic E-state index is 0.0522. The summed E-state index contributed by atoms with van der Waals surface area (Å²) in [5.41, 5.74) is 0.649. The summed E-state index contributed by atoms with van der Waals surface area (Å²) in [5.74, 6) is 3.19. The molecule has 2 aliphatic rings. The molecule has 1 aromatic heterocycles. The largest absolute Gasteiger partial charge is 0.491 e. The van der Waals surface area contributed by atoms with Gasteiger partial charge in [0.1, 0.15) is 24.0 Å². The van der Waals surface area contributed by atoms with Crippen LogP contribution in [0.15, 0.2) is 24.3 Å². The minimum absolute atomic E-state index is 0.0522. The Kier molecular flexibility index (Phi) is 6.10. The van der Waals surface area contributed by atoms with Crippen LogP contribution in [0.1, 0.15) is 40.8 Å². The molecule has 1 N–H and O–H groups in total. The Morgan fingerprint density at radius 1 is 1.21 bits per heavy atom. The molecule has 0 radical (unpaired) electrons. The van der Waals surface area contributed by atoms with Gasteiger partial charge in [0.15, 0.2) is 0 Å². The molecule has 3 heterocycles. The van der Waals surface area contributed by atoms with Crippen molar-refractivity contribution in [3.8, 4) is 5.75 Å². The zero-order chi connectivity index (χ0) is 20.2. The van der Waals surface area contributed by atoms with E-state index in [1.54, 1.807) is 0 Å². The Morgan fingerprint density at radius 3 is 2.79 bits per heavy atom. The van der Waals surface area contributed by atoms with E-state index in [-0.39, 0.29) is 5.91 Å². The average molecular weight is 399 g/mol. The number of piperidine rings is 1. The molecule has 1 aromatic carbocycles. The van der Waals surface area contributed by atoms with Gasteiger partial charge in [0, 0.05) is 38.6 Å². The molecule has 0 unspecified atom stereocenters. The van der Waals surface area contributed by atoms with E-state index in [0.29, 0.717) is 23.8 Å². The first-order valence-electron chi connectivity index (χ1n) is 10.4. The number of hydrogen-bond acceptors (Lipinski definition) is 6. The van der Waals surface area contributed by atoms with E-state index in [0.717, 1.165) is 63.8 Å². The Bertz CT molecular complexity index is 841. The lowest BCUT2D eigenvalue weighted by atomic mass is 9.95. The lowest BCUT2D eigenvalue weighted by Gasteiger charge is -2.32. The molecule has 0 spiro atoms. The number of carbonyl (C=O) groups excluding carboxylic acids is 1. The van der Waals surface area contributed by atoms with Gasteiger partial charge in [0.25, 0.3) is 5.91 Å². The van der Waals surface area contributed by atoms with Crippen LogP contribution in [0.5, 0.6) is 5.75 Å². The fraction of sp³-hybridized carbons (Fsp3) is 0.571. The second-order valence-electron chi connectivity index (χ2n) is 8.02. The number of para-hydroxylation sites is 1. The number of nitrogens with zero attached hydrogens (tertiary/aromatic N) is 5. The first kappa shape index (κ1) is 19.8. The summed E-state index contributed by atoms with van der Waals surface area (Å²) in [5, 5.41) is 12.1. The number of aromatic nitrogens is 3. The van der Waals surface area contributed by atoms with Crippen LogP contribution in [0.2, 0.25) is 0 Å². The van der Waals surface area contributed by atoms with Gasteiger partial charge < -0.3 is 24.4 Å². The standard InChI is InChI=1S/C21H30N6O2/c1-25(2)13-14-29-18-6-4-3-5-17(18)21(28)26-10-7-16(8-11-26)20-24-23-19-15-22-9-12-27(19)20/h3-6,16,22H,7-15H2,1-2H3. The second kappa shape index (κ2) is 8.92. The van der Waals surface area contributed by atoms with Gasteiger partial charge in [-0.15, -0.1) is 10.2 Å². The number of rotatable bonds is 6. The van der Waals surface area contributed by atoms with Crippen LogP contribution in [0.3, 0.4) is 0 Å². The van der Waals surface area contributed by atoms with Crippen LogP contribution < -0.4 is 10.1 Å². The highest BCUT2D eigenvalue weighted by atomic mass is 16.5. The van der Waals surface area contributed by atoms with E-state index in [1.807, 2.05) is 43.3 Å². The number of nitrogens with one attached hydrogen (secondary N) is 1. The SMILES string of the molecule is CN(C)CCOc1ccccc1C(=O)N1CCC(c2nnc3n2CCNC3)CC1. The van der Waals surface area contributed by atoms with E-state index in [2.05, 4.69) is 25.0 Å². The van der Waals surface area contributed by atoms with Gasteiger partial charge in [0.2, 0.25) is 0 Å². The Balaban J connectivity index is 1.39. The fourth-order valence-electron chi connectivity index (χ4n) is 4.04. The van der Waals surface area contributed by atoms with E-state index in [9.17, 15) is 4.79 Å². The van der Waals surface area contributed by atoms with Gasteiger partial charge in [-0.2, -0.15) is 0 Å². The summed E-state index contributed by atoms with van der Waals surface area (Å²) in [7, 11) is 4.02. The van der Waals surface area contributed by atoms with Gasteiger partial charge in [0.05, 0.1) is 12.1 Å². The zero-order valence-corrected chi connectivity index (χ0v) is 17.3. The Labute approximate surface area is 171 Å². The fourth-order valence-corrected chi connectivity index (χ4v) is 4.04. The Morgan fingerprint density at radius 2 is 2.00 bits per heavy atom. The van der Waals surface area contributed by atoms with Crippen molar-refractivity contribution in [1.29, 1.82) is 0 Å².